The Morgan fingerprint density at radius 3 is 2.25 bits per heavy atom. The molecule has 2 heterocycles. The van der Waals surface area contributed by atoms with Gasteiger partial charge in [-0.1, -0.05) is 82.7 Å². The van der Waals surface area contributed by atoms with Crippen LogP contribution in [0.4, 0.5) is 0 Å². The van der Waals surface area contributed by atoms with Crippen LogP contribution in [0.1, 0.15) is 36.1 Å². The van der Waals surface area contributed by atoms with E-state index in [1.54, 1.807) is 7.11 Å². The van der Waals surface area contributed by atoms with Crippen LogP contribution in [0.2, 0.25) is 0 Å². The van der Waals surface area contributed by atoms with E-state index in [1.165, 1.54) is 5.56 Å². The molecule has 40 heavy (non-hydrogen) atoms. The number of ether oxygens (including phenoxy) is 7. The molecule has 214 valence electrons. The van der Waals surface area contributed by atoms with Crippen LogP contribution in [-0.4, -0.2) is 50.2 Å². The SMILES string of the molecule is COc1ccc(CO[C@H](COCc2ccccc2CBr)[C@H]2O[C@@H]3OC(C)(C)O[C@@H]3[C@H]2OCc2ccccc2)cc1. The van der Waals surface area contributed by atoms with E-state index in [0.29, 0.717) is 26.4 Å². The topological polar surface area (TPSA) is 64.6 Å². The second-order valence-corrected chi connectivity index (χ2v) is 11.0. The summed E-state index contributed by atoms with van der Waals surface area (Å²) in [6, 6.07) is 26.1. The molecule has 0 saturated carbocycles. The smallest absolute Gasteiger partial charge is 0.190 e. The van der Waals surface area contributed by atoms with Gasteiger partial charge in [0, 0.05) is 5.33 Å². The van der Waals surface area contributed by atoms with Crippen molar-refractivity contribution in [3.8, 4) is 5.75 Å². The molecule has 0 bridgehead atoms. The van der Waals surface area contributed by atoms with Crippen LogP contribution in [0, 0.1) is 0 Å². The predicted molar refractivity (Wildman–Crippen MR) is 154 cm³/mol. The van der Waals surface area contributed by atoms with Gasteiger partial charge < -0.3 is 33.2 Å². The summed E-state index contributed by atoms with van der Waals surface area (Å²) in [6.07, 6.45) is -2.24. The van der Waals surface area contributed by atoms with Gasteiger partial charge in [0.15, 0.2) is 12.1 Å². The summed E-state index contributed by atoms with van der Waals surface area (Å²) in [4.78, 5) is 0. The predicted octanol–water partition coefficient (Wildman–Crippen LogP) is 6.15. The molecule has 5 rings (SSSR count). The fourth-order valence-corrected chi connectivity index (χ4v) is 5.58. The molecule has 3 aromatic rings. The molecule has 0 radical (unpaired) electrons. The highest BCUT2D eigenvalue weighted by Gasteiger charge is 2.57. The Balaban J connectivity index is 1.33. The van der Waals surface area contributed by atoms with Crippen LogP contribution in [0.3, 0.4) is 0 Å². The molecular weight excluding hydrogens is 576 g/mol. The third-order valence-electron chi connectivity index (χ3n) is 7.10. The Bertz CT molecular complexity index is 1200. The maximum absolute atomic E-state index is 6.49. The average Bonchev–Trinajstić information content (AvgIpc) is 3.46. The number of benzene rings is 3. The number of rotatable bonds is 13. The summed E-state index contributed by atoms with van der Waals surface area (Å²) in [5, 5.41) is 0.763. The van der Waals surface area contributed by atoms with Gasteiger partial charge in [-0.25, -0.2) is 0 Å². The number of halogens is 1. The molecule has 2 saturated heterocycles. The summed E-state index contributed by atoms with van der Waals surface area (Å²) in [6.45, 7) is 5.34. The second-order valence-electron chi connectivity index (χ2n) is 10.4. The lowest BCUT2D eigenvalue weighted by Crippen LogP contribution is -2.45. The van der Waals surface area contributed by atoms with E-state index in [1.807, 2.05) is 80.6 Å². The lowest BCUT2D eigenvalue weighted by molar-refractivity contribution is -0.238. The maximum atomic E-state index is 6.49. The zero-order valence-corrected chi connectivity index (χ0v) is 24.7. The summed E-state index contributed by atoms with van der Waals surface area (Å²) in [5.41, 5.74) is 4.41. The van der Waals surface area contributed by atoms with Gasteiger partial charge >= 0.3 is 0 Å². The van der Waals surface area contributed by atoms with E-state index in [9.17, 15) is 0 Å². The van der Waals surface area contributed by atoms with E-state index in [2.05, 4.69) is 28.1 Å². The third-order valence-corrected chi connectivity index (χ3v) is 7.71. The number of methoxy groups -OCH3 is 1. The van der Waals surface area contributed by atoms with Crippen molar-refractivity contribution in [3.63, 3.8) is 0 Å². The molecule has 0 unspecified atom stereocenters. The highest BCUT2D eigenvalue weighted by atomic mass is 79.9. The summed E-state index contributed by atoms with van der Waals surface area (Å²) < 4.78 is 43.3. The molecule has 0 spiro atoms. The largest absolute Gasteiger partial charge is 0.497 e. The van der Waals surface area contributed by atoms with Crippen molar-refractivity contribution in [2.45, 2.75) is 75.5 Å². The molecule has 0 aromatic heterocycles. The van der Waals surface area contributed by atoms with Gasteiger partial charge in [-0.15, -0.1) is 0 Å². The van der Waals surface area contributed by atoms with Gasteiger partial charge in [-0.2, -0.15) is 0 Å². The lowest BCUT2D eigenvalue weighted by Gasteiger charge is -2.31. The minimum absolute atomic E-state index is 0.311. The summed E-state index contributed by atoms with van der Waals surface area (Å²) >= 11 is 3.57. The first-order valence-corrected chi connectivity index (χ1v) is 14.7. The minimum Gasteiger partial charge on any atom is -0.497 e. The molecule has 0 amide bonds. The third kappa shape index (κ3) is 7.31. The van der Waals surface area contributed by atoms with E-state index in [0.717, 1.165) is 27.8 Å². The molecule has 7 nitrogen and oxygen atoms in total. The van der Waals surface area contributed by atoms with Crippen molar-refractivity contribution in [2.24, 2.45) is 0 Å². The average molecular weight is 614 g/mol. The van der Waals surface area contributed by atoms with E-state index >= 15 is 0 Å². The molecule has 5 atom stereocenters. The van der Waals surface area contributed by atoms with Crippen LogP contribution in [0.25, 0.3) is 0 Å². The standard InChI is InChI=1S/C32H37BrO7/c1-32(2)39-30-29(37-19-22-9-5-4-6-10-22)28(38-31(30)40-32)27(36-18-23-13-15-26(34-3)16-14-23)21-35-20-25-12-8-7-11-24(25)17-33/h4-16,27-31H,17-21H2,1-3H3/t27-,28-,29+,30-,31-/m1/s1. The quantitative estimate of drug-likeness (QED) is 0.214. The van der Waals surface area contributed by atoms with Gasteiger partial charge in [-0.05, 0) is 48.2 Å². The number of alkyl halides is 1. The Morgan fingerprint density at radius 1 is 0.825 bits per heavy atom. The van der Waals surface area contributed by atoms with Crippen LogP contribution >= 0.6 is 15.9 Å². The second kappa shape index (κ2) is 13.6. The number of hydrogen-bond acceptors (Lipinski definition) is 7. The highest BCUT2D eigenvalue weighted by molar-refractivity contribution is 9.08. The Hall–Kier alpha value is -2.30. The minimum atomic E-state index is -0.760. The maximum Gasteiger partial charge on any atom is 0.190 e. The van der Waals surface area contributed by atoms with Crippen molar-refractivity contribution in [2.75, 3.05) is 13.7 Å². The molecule has 0 aliphatic carbocycles. The van der Waals surface area contributed by atoms with Crippen LogP contribution < -0.4 is 4.74 Å². The normalized spacial score (nSPS) is 24.1. The fraction of sp³-hybridized carbons (Fsp3) is 0.438. The van der Waals surface area contributed by atoms with E-state index in [4.69, 9.17) is 33.2 Å². The number of hydrogen-bond donors (Lipinski definition) is 0. The molecule has 0 N–H and O–H groups in total. The van der Waals surface area contributed by atoms with E-state index < -0.39 is 30.4 Å². The van der Waals surface area contributed by atoms with Gasteiger partial charge in [0.1, 0.15) is 30.2 Å². The first kappa shape index (κ1) is 29.2. The van der Waals surface area contributed by atoms with Crippen molar-refractivity contribution < 1.29 is 33.2 Å². The van der Waals surface area contributed by atoms with Crippen LogP contribution in [-0.2, 0) is 53.6 Å². The van der Waals surface area contributed by atoms with Crippen molar-refractivity contribution >= 4 is 15.9 Å². The molecular formula is C32H37BrO7. The van der Waals surface area contributed by atoms with Crippen LogP contribution in [0.15, 0.2) is 78.9 Å². The Labute approximate surface area is 244 Å². The Kier molecular flexibility index (Phi) is 9.91. The van der Waals surface area contributed by atoms with Gasteiger partial charge in [0.2, 0.25) is 0 Å². The molecule has 2 aliphatic heterocycles. The van der Waals surface area contributed by atoms with E-state index in [-0.39, 0.29) is 6.10 Å². The monoisotopic (exact) mass is 612 g/mol. The zero-order chi connectivity index (χ0) is 28.0. The Morgan fingerprint density at radius 2 is 1.52 bits per heavy atom. The lowest BCUT2D eigenvalue weighted by atomic mass is 10.1. The molecule has 2 aliphatic rings. The highest BCUT2D eigenvalue weighted by Crippen LogP contribution is 2.40. The molecule has 3 aromatic carbocycles. The van der Waals surface area contributed by atoms with Crippen LogP contribution in [0.5, 0.6) is 5.75 Å². The van der Waals surface area contributed by atoms with Crippen molar-refractivity contribution in [1.82, 2.24) is 0 Å². The fourth-order valence-electron chi connectivity index (χ4n) is 5.04. The zero-order valence-electron chi connectivity index (χ0n) is 23.2. The summed E-state index contributed by atoms with van der Waals surface area (Å²) in [5.74, 6) is 0.0385. The van der Waals surface area contributed by atoms with Crippen molar-refractivity contribution in [1.29, 1.82) is 0 Å². The van der Waals surface area contributed by atoms with Crippen molar-refractivity contribution in [3.05, 3.63) is 101 Å². The molecule has 8 heteroatoms. The number of fused-ring (bicyclic) bond motifs is 1. The summed E-state index contributed by atoms with van der Waals surface area (Å²) in [7, 11) is 1.65. The van der Waals surface area contributed by atoms with Gasteiger partial charge in [0.25, 0.3) is 0 Å². The van der Waals surface area contributed by atoms with Gasteiger partial charge in [-0.3, -0.25) is 0 Å². The first-order valence-electron chi connectivity index (χ1n) is 13.6. The molecule has 2 fully saturated rings. The van der Waals surface area contributed by atoms with Gasteiger partial charge in [0.05, 0.1) is 33.5 Å². The first-order chi connectivity index (χ1) is 19.5.